The van der Waals surface area contributed by atoms with Crippen molar-refractivity contribution in [3.63, 3.8) is 0 Å². The van der Waals surface area contributed by atoms with Gasteiger partial charge < -0.3 is 10.1 Å². The van der Waals surface area contributed by atoms with Crippen LogP contribution in [0.25, 0.3) is 0 Å². The molecule has 0 fully saturated rings. The molecule has 1 rings (SSSR count). The van der Waals surface area contributed by atoms with Gasteiger partial charge in [-0.15, -0.1) is 0 Å². The SMILES string of the molecule is CCCC(CNCC)OCc1ccccc1Br. The van der Waals surface area contributed by atoms with Crippen molar-refractivity contribution < 1.29 is 4.74 Å². The van der Waals surface area contributed by atoms with Crippen molar-refractivity contribution in [2.45, 2.75) is 39.4 Å². The molecule has 1 unspecified atom stereocenters. The molecular weight excluding hydrogens is 278 g/mol. The lowest BCUT2D eigenvalue weighted by Gasteiger charge is -2.18. The van der Waals surface area contributed by atoms with E-state index in [4.69, 9.17) is 4.74 Å². The fourth-order valence-electron chi connectivity index (χ4n) is 1.69. The van der Waals surface area contributed by atoms with Crippen molar-refractivity contribution in [3.05, 3.63) is 34.3 Å². The summed E-state index contributed by atoms with van der Waals surface area (Å²) in [7, 11) is 0. The standard InChI is InChI=1S/C14H22BrNO/c1-3-7-13(10-16-4-2)17-11-12-8-5-6-9-14(12)15/h5-6,8-9,13,16H,3-4,7,10-11H2,1-2H3. The van der Waals surface area contributed by atoms with E-state index in [-0.39, 0.29) is 0 Å². The molecule has 2 nitrogen and oxygen atoms in total. The molecule has 1 N–H and O–H groups in total. The number of hydrogen-bond acceptors (Lipinski definition) is 2. The average Bonchev–Trinajstić information content (AvgIpc) is 2.34. The second-order valence-corrected chi connectivity index (χ2v) is 4.98. The number of halogens is 1. The summed E-state index contributed by atoms with van der Waals surface area (Å²) >= 11 is 3.54. The third kappa shape index (κ3) is 5.66. The normalized spacial score (nSPS) is 12.6. The van der Waals surface area contributed by atoms with E-state index in [0.717, 1.165) is 30.4 Å². The van der Waals surface area contributed by atoms with E-state index in [9.17, 15) is 0 Å². The molecule has 0 aliphatic heterocycles. The zero-order chi connectivity index (χ0) is 12.5. The van der Waals surface area contributed by atoms with Gasteiger partial charge in [-0.3, -0.25) is 0 Å². The molecule has 3 heteroatoms. The number of rotatable bonds is 8. The summed E-state index contributed by atoms with van der Waals surface area (Å²) < 4.78 is 7.08. The third-order valence-electron chi connectivity index (χ3n) is 2.67. The van der Waals surface area contributed by atoms with E-state index in [1.165, 1.54) is 5.56 Å². The molecule has 0 spiro atoms. The van der Waals surface area contributed by atoms with E-state index in [2.05, 4.69) is 47.2 Å². The quantitative estimate of drug-likeness (QED) is 0.789. The molecule has 1 aromatic carbocycles. The van der Waals surface area contributed by atoms with Crippen LogP contribution >= 0.6 is 15.9 Å². The maximum Gasteiger partial charge on any atom is 0.0732 e. The molecule has 0 radical (unpaired) electrons. The zero-order valence-electron chi connectivity index (χ0n) is 10.7. The van der Waals surface area contributed by atoms with Gasteiger partial charge in [0.1, 0.15) is 0 Å². The molecule has 0 aromatic heterocycles. The van der Waals surface area contributed by atoms with Gasteiger partial charge in [0, 0.05) is 11.0 Å². The van der Waals surface area contributed by atoms with Gasteiger partial charge in [0.05, 0.1) is 12.7 Å². The Morgan fingerprint density at radius 1 is 1.29 bits per heavy atom. The second kappa shape index (κ2) is 8.67. The highest BCUT2D eigenvalue weighted by Gasteiger charge is 2.08. The van der Waals surface area contributed by atoms with Gasteiger partial charge in [-0.25, -0.2) is 0 Å². The van der Waals surface area contributed by atoms with Crippen LogP contribution in [0.5, 0.6) is 0 Å². The molecule has 1 aromatic rings. The Bertz CT molecular complexity index is 317. The van der Waals surface area contributed by atoms with Crippen LogP contribution in [0.2, 0.25) is 0 Å². The Morgan fingerprint density at radius 3 is 2.71 bits per heavy atom. The number of nitrogens with one attached hydrogen (secondary N) is 1. The number of ether oxygens (including phenoxy) is 1. The molecule has 0 amide bonds. The molecule has 17 heavy (non-hydrogen) atoms. The Labute approximate surface area is 113 Å². The largest absolute Gasteiger partial charge is 0.372 e. The van der Waals surface area contributed by atoms with Crippen molar-refractivity contribution in [2.75, 3.05) is 13.1 Å². The minimum atomic E-state index is 0.312. The van der Waals surface area contributed by atoms with E-state index in [0.29, 0.717) is 12.7 Å². The van der Waals surface area contributed by atoms with E-state index < -0.39 is 0 Å². The van der Waals surface area contributed by atoms with Gasteiger partial charge in [0.2, 0.25) is 0 Å². The maximum atomic E-state index is 5.96. The number of likely N-dealkylation sites (N-methyl/N-ethyl adjacent to an activating group) is 1. The van der Waals surface area contributed by atoms with E-state index >= 15 is 0 Å². The smallest absolute Gasteiger partial charge is 0.0732 e. The molecule has 0 saturated heterocycles. The summed E-state index contributed by atoms with van der Waals surface area (Å²) in [5, 5.41) is 3.35. The fraction of sp³-hybridized carbons (Fsp3) is 0.571. The van der Waals surface area contributed by atoms with Crippen LogP contribution in [-0.2, 0) is 11.3 Å². The van der Waals surface area contributed by atoms with Gasteiger partial charge in [0.25, 0.3) is 0 Å². The number of hydrogen-bond donors (Lipinski definition) is 1. The summed E-state index contributed by atoms with van der Waals surface area (Å²) in [5.41, 5.74) is 1.21. The summed E-state index contributed by atoms with van der Waals surface area (Å²) in [6.45, 7) is 6.93. The minimum absolute atomic E-state index is 0.312. The van der Waals surface area contributed by atoms with Gasteiger partial charge in [-0.1, -0.05) is 54.4 Å². The molecule has 0 bridgehead atoms. The van der Waals surface area contributed by atoms with E-state index in [1.54, 1.807) is 0 Å². The van der Waals surface area contributed by atoms with Crippen molar-refractivity contribution in [2.24, 2.45) is 0 Å². The van der Waals surface area contributed by atoms with Crippen LogP contribution in [0.15, 0.2) is 28.7 Å². The number of benzene rings is 1. The van der Waals surface area contributed by atoms with Crippen molar-refractivity contribution in [1.82, 2.24) is 5.32 Å². The van der Waals surface area contributed by atoms with Crippen LogP contribution in [0.3, 0.4) is 0 Å². The van der Waals surface area contributed by atoms with Crippen LogP contribution in [-0.4, -0.2) is 19.2 Å². The summed E-state index contributed by atoms with van der Waals surface area (Å²) in [5.74, 6) is 0. The monoisotopic (exact) mass is 299 g/mol. The van der Waals surface area contributed by atoms with E-state index in [1.807, 2.05) is 12.1 Å². The van der Waals surface area contributed by atoms with Crippen LogP contribution < -0.4 is 5.32 Å². The van der Waals surface area contributed by atoms with Crippen LogP contribution in [0, 0.1) is 0 Å². The highest BCUT2D eigenvalue weighted by molar-refractivity contribution is 9.10. The maximum absolute atomic E-state index is 5.96. The Morgan fingerprint density at radius 2 is 2.06 bits per heavy atom. The lowest BCUT2D eigenvalue weighted by molar-refractivity contribution is 0.0349. The molecule has 0 aliphatic rings. The fourth-order valence-corrected chi connectivity index (χ4v) is 2.09. The topological polar surface area (TPSA) is 21.3 Å². The molecule has 96 valence electrons. The Hall–Kier alpha value is -0.380. The lowest BCUT2D eigenvalue weighted by atomic mass is 10.2. The first kappa shape index (κ1) is 14.7. The molecular formula is C14H22BrNO. The van der Waals surface area contributed by atoms with Gasteiger partial charge in [-0.2, -0.15) is 0 Å². The molecule has 0 aliphatic carbocycles. The van der Waals surface area contributed by atoms with Crippen molar-refractivity contribution in [1.29, 1.82) is 0 Å². The molecule has 0 saturated carbocycles. The Balaban J connectivity index is 2.42. The van der Waals surface area contributed by atoms with Crippen molar-refractivity contribution in [3.8, 4) is 0 Å². The third-order valence-corrected chi connectivity index (χ3v) is 3.44. The second-order valence-electron chi connectivity index (χ2n) is 4.12. The summed E-state index contributed by atoms with van der Waals surface area (Å²) in [6, 6.07) is 8.22. The molecule has 1 atom stereocenters. The predicted octanol–water partition coefficient (Wildman–Crippen LogP) is 3.74. The van der Waals surface area contributed by atoms with Gasteiger partial charge in [-0.05, 0) is 24.6 Å². The zero-order valence-corrected chi connectivity index (χ0v) is 12.3. The van der Waals surface area contributed by atoms with Crippen LogP contribution in [0.4, 0.5) is 0 Å². The minimum Gasteiger partial charge on any atom is -0.372 e. The average molecular weight is 300 g/mol. The first-order valence-electron chi connectivity index (χ1n) is 6.33. The van der Waals surface area contributed by atoms with Crippen molar-refractivity contribution >= 4 is 15.9 Å². The first-order valence-corrected chi connectivity index (χ1v) is 7.13. The first-order chi connectivity index (χ1) is 8.27. The van der Waals surface area contributed by atoms with Gasteiger partial charge in [0.15, 0.2) is 0 Å². The highest BCUT2D eigenvalue weighted by Crippen LogP contribution is 2.17. The van der Waals surface area contributed by atoms with Gasteiger partial charge >= 0.3 is 0 Å². The predicted molar refractivity (Wildman–Crippen MR) is 76.2 cm³/mol. The summed E-state index contributed by atoms with van der Waals surface area (Å²) in [6.07, 6.45) is 2.58. The Kier molecular flexibility index (Phi) is 7.49. The highest BCUT2D eigenvalue weighted by atomic mass is 79.9. The molecule has 0 heterocycles. The van der Waals surface area contributed by atoms with Crippen LogP contribution in [0.1, 0.15) is 32.3 Å². The lowest BCUT2D eigenvalue weighted by Crippen LogP contribution is -2.28. The summed E-state index contributed by atoms with van der Waals surface area (Å²) in [4.78, 5) is 0.